The number of rotatable bonds is 5. The zero-order chi connectivity index (χ0) is 19.7. The summed E-state index contributed by atoms with van der Waals surface area (Å²) in [6.45, 7) is 6.57. The van der Waals surface area contributed by atoms with Crippen molar-refractivity contribution in [2.75, 3.05) is 0 Å². The van der Waals surface area contributed by atoms with Crippen LogP contribution in [-0.4, -0.2) is 25.4 Å². The van der Waals surface area contributed by atoms with Crippen LogP contribution < -0.4 is 5.32 Å². The van der Waals surface area contributed by atoms with Gasteiger partial charge in [-0.25, -0.2) is 9.97 Å². The molecular formula is C21H21N5OS. The lowest BCUT2D eigenvalue weighted by Gasteiger charge is -2.07. The van der Waals surface area contributed by atoms with Crippen LogP contribution in [0.1, 0.15) is 40.8 Å². The third-order valence-corrected chi connectivity index (χ3v) is 5.74. The number of carbonyl (C=O) groups excluding carboxylic acids is 1. The van der Waals surface area contributed by atoms with E-state index in [4.69, 9.17) is 0 Å². The highest BCUT2D eigenvalue weighted by molar-refractivity contribution is 7.17. The van der Waals surface area contributed by atoms with Crippen LogP contribution >= 0.6 is 11.3 Å². The van der Waals surface area contributed by atoms with Gasteiger partial charge in [-0.1, -0.05) is 6.07 Å². The molecule has 1 amide bonds. The van der Waals surface area contributed by atoms with Crippen molar-refractivity contribution in [3.05, 3.63) is 65.2 Å². The molecule has 0 saturated carbocycles. The topological polar surface area (TPSA) is 72.7 Å². The molecule has 0 radical (unpaired) electrons. The van der Waals surface area contributed by atoms with E-state index in [-0.39, 0.29) is 11.9 Å². The summed E-state index contributed by atoms with van der Waals surface area (Å²) in [6, 6.07) is 8.06. The molecule has 7 heteroatoms. The summed E-state index contributed by atoms with van der Waals surface area (Å²) < 4.78 is 2.14. The molecule has 1 N–H and O–H groups in total. The highest BCUT2D eigenvalue weighted by atomic mass is 32.1. The van der Waals surface area contributed by atoms with Gasteiger partial charge in [0.25, 0.3) is 5.91 Å². The van der Waals surface area contributed by atoms with Crippen LogP contribution in [0.5, 0.6) is 0 Å². The van der Waals surface area contributed by atoms with Gasteiger partial charge in [-0.05, 0) is 44.5 Å². The molecule has 0 bridgehead atoms. The standard InChI is InChI=1S/C21H21N5OS/c1-13(2)26-12-17(16-7-5-9-23-19(16)26)21-25-14(3)18(28-21)20(27)24-11-15-6-4-8-22-10-15/h4-10,12-13H,11H2,1-3H3,(H,24,27). The second kappa shape index (κ2) is 7.52. The van der Waals surface area contributed by atoms with E-state index in [1.54, 1.807) is 18.6 Å². The molecule has 0 saturated heterocycles. The Balaban J connectivity index is 1.65. The van der Waals surface area contributed by atoms with Crippen LogP contribution in [0.2, 0.25) is 0 Å². The van der Waals surface area contributed by atoms with Crippen molar-refractivity contribution in [2.24, 2.45) is 0 Å². The number of nitrogens with one attached hydrogen (secondary N) is 1. The Kier molecular flexibility index (Phi) is 4.92. The zero-order valence-corrected chi connectivity index (χ0v) is 16.8. The molecule has 6 nitrogen and oxygen atoms in total. The number of hydrogen-bond donors (Lipinski definition) is 1. The Labute approximate surface area is 167 Å². The first-order valence-corrected chi connectivity index (χ1v) is 9.96. The zero-order valence-electron chi connectivity index (χ0n) is 16.0. The SMILES string of the molecule is Cc1nc(-c2cn(C(C)C)c3ncccc23)sc1C(=O)NCc1cccnc1. The Morgan fingerprint density at radius 2 is 2.07 bits per heavy atom. The summed E-state index contributed by atoms with van der Waals surface area (Å²) >= 11 is 1.42. The molecule has 4 aromatic rings. The first-order chi connectivity index (χ1) is 13.5. The molecule has 0 aliphatic heterocycles. The molecule has 0 aliphatic rings. The minimum Gasteiger partial charge on any atom is -0.347 e. The molecule has 0 atom stereocenters. The smallest absolute Gasteiger partial charge is 0.263 e. The van der Waals surface area contributed by atoms with E-state index in [1.165, 1.54) is 11.3 Å². The summed E-state index contributed by atoms with van der Waals surface area (Å²) in [4.78, 5) is 26.6. The average Bonchev–Trinajstić information content (AvgIpc) is 3.28. The summed E-state index contributed by atoms with van der Waals surface area (Å²) in [6.07, 6.45) is 7.35. The number of thiazole rings is 1. The van der Waals surface area contributed by atoms with Gasteiger partial charge in [-0.15, -0.1) is 11.3 Å². The van der Waals surface area contributed by atoms with E-state index in [2.05, 4.69) is 50.9 Å². The van der Waals surface area contributed by atoms with Gasteiger partial charge in [0.1, 0.15) is 15.5 Å². The summed E-state index contributed by atoms with van der Waals surface area (Å²) in [5.74, 6) is -0.115. The van der Waals surface area contributed by atoms with Crippen molar-refractivity contribution < 1.29 is 4.79 Å². The fraction of sp³-hybridized carbons (Fsp3) is 0.238. The minimum atomic E-state index is -0.115. The predicted molar refractivity (Wildman–Crippen MR) is 111 cm³/mol. The first kappa shape index (κ1) is 18.3. The van der Waals surface area contributed by atoms with Gasteiger partial charge in [0.2, 0.25) is 0 Å². The van der Waals surface area contributed by atoms with Crippen molar-refractivity contribution in [1.29, 1.82) is 0 Å². The molecule has 0 spiro atoms. The first-order valence-electron chi connectivity index (χ1n) is 9.15. The molecule has 0 aromatic carbocycles. The van der Waals surface area contributed by atoms with Gasteiger partial charge in [0, 0.05) is 48.3 Å². The molecule has 142 valence electrons. The number of carbonyl (C=O) groups is 1. The van der Waals surface area contributed by atoms with Crippen LogP contribution in [0.15, 0.2) is 49.1 Å². The van der Waals surface area contributed by atoms with E-state index in [0.717, 1.165) is 32.9 Å². The number of aryl methyl sites for hydroxylation is 1. The monoisotopic (exact) mass is 391 g/mol. The van der Waals surface area contributed by atoms with Gasteiger partial charge < -0.3 is 9.88 Å². The Morgan fingerprint density at radius 3 is 2.82 bits per heavy atom. The van der Waals surface area contributed by atoms with Crippen LogP contribution in [-0.2, 0) is 6.54 Å². The minimum absolute atomic E-state index is 0.115. The van der Waals surface area contributed by atoms with Crippen LogP contribution in [0.25, 0.3) is 21.6 Å². The third-order valence-electron chi connectivity index (χ3n) is 4.56. The van der Waals surface area contributed by atoms with Crippen molar-refractivity contribution in [3.8, 4) is 10.6 Å². The fourth-order valence-corrected chi connectivity index (χ4v) is 4.14. The molecular weight excluding hydrogens is 370 g/mol. The predicted octanol–water partition coefficient (Wildman–Crippen LogP) is 4.37. The fourth-order valence-electron chi connectivity index (χ4n) is 3.13. The van der Waals surface area contributed by atoms with E-state index >= 15 is 0 Å². The quantitative estimate of drug-likeness (QED) is 0.548. The van der Waals surface area contributed by atoms with E-state index in [1.807, 2.05) is 25.1 Å². The number of hydrogen-bond acceptors (Lipinski definition) is 5. The normalized spacial score (nSPS) is 11.3. The molecule has 0 fully saturated rings. The highest BCUT2D eigenvalue weighted by Gasteiger charge is 2.20. The molecule has 4 rings (SSSR count). The van der Waals surface area contributed by atoms with Gasteiger partial charge in [-0.3, -0.25) is 9.78 Å². The molecule has 4 heterocycles. The second-order valence-corrected chi connectivity index (χ2v) is 7.89. The maximum absolute atomic E-state index is 12.7. The molecule has 0 unspecified atom stereocenters. The van der Waals surface area contributed by atoms with Gasteiger partial charge in [0.05, 0.1) is 5.69 Å². The van der Waals surface area contributed by atoms with Gasteiger partial charge in [-0.2, -0.15) is 0 Å². The lowest BCUT2D eigenvalue weighted by molar-refractivity contribution is 0.0954. The number of amides is 1. The average molecular weight is 392 g/mol. The number of pyridine rings is 2. The number of fused-ring (bicyclic) bond motifs is 1. The van der Waals surface area contributed by atoms with Crippen molar-refractivity contribution >= 4 is 28.3 Å². The lowest BCUT2D eigenvalue weighted by Crippen LogP contribution is -2.22. The van der Waals surface area contributed by atoms with Crippen LogP contribution in [0.3, 0.4) is 0 Å². The summed E-state index contributed by atoms with van der Waals surface area (Å²) in [5.41, 5.74) is 3.64. The molecule has 4 aromatic heterocycles. The van der Waals surface area contributed by atoms with E-state index < -0.39 is 0 Å². The van der Waals surface area contributed by atoms with Gasteiger partial charge >= 0.3 is 0 Å². The second-order valence-electron chi connectivity index (χ2n) is 6.90. The summed E-state index contributed by atoms with van der Waals surface area (Å²) in [5, 5.41) is 4.84. The van der Waals surface area contributed by atoms with Crippen LogP contribution in [0.4, 0.5) is 0 Å². The van der Waals surface area contributed by atoms with Crippen molar-refractivity contribution in [3.63, 3.8) is 0 Å². The van der Waals surface area contributed by atoms with Crippen molar-refractivity contribution in [1.82, 2.24) is 24.8 Å². The van der Waals surface area contributed by atoms with Gasteiger partial charge in [0.15, 0.2) is 0 Å². The Morgan fingerprint density at radius 1 is 1.25 bits per heavy atom. The Hall–Kier alpha value is -3.06. The van der Waals surface area contributed by atoms with E-state index in [0.29, 0.717) is 11.4 Å². The highest BCUT2D eigenvalue weighted by Crippen LogP contribution is 2.35. The van der Waals surface area contributed by atoms with E-state index in [9.17, 15) is 4.79 Å². The Bertz CT molecular complexity index is 1130. The number of aromatic nitrogens is 4. The maximum atomic E-state index is 12.7. The van der Waals surface area contributed by atoms with Crippen molar-refractivity contribution in [2.45, 2.75) is 33.4 Å². The third kappa shape index (κ3) is 3.41. The largest absolute Gasteiger partial charge is 0.347 e. The maximum Gasteiger partial charge on any atom is 0.263 e. The molecule has 28 heavy (non-hydrogen) atoms. The summed E-state index contributed by atoms with van der Waals surface area (Å²) in [7, 11) is 0. The number of nitrogens with zero attached hydrogens (tertiary/aromatic N) is 4. The van der Waals surface area contributed by atoms with Crippen LogP contribution in [0, 0.1) is 6.92 Å². The lowest BCUT2D eigenvalue weighted by atomic mass is 10.2. The molecule has 0 aliphatic carbocycles.